The van der Waals surface area contributed by atoms with E-state index in [4.69, 9.17) is 9.47 Å². The number of esters is 1. The number of nitrogens with one attached hydrogen (secondary N) is 1. The van der Waals surface area contributed by atoms with Crippen LogP contribution in [0.15, 0.2) is 24.3 Å². The zero-order chi connectivity index (χ0) is 16.2. The molecule has 0 bridgehead atoms. The van der Waals surface area contributed by atoms with Crippen LogP contribution in [0, 0.1) is 5.92 Å². The number of hydrogen-bond acceptors (Lipinski definition) is 5. The minimum Gasteiger partial charge on any atom is -0.497 e. The fraction of sp³-hybridized carbons (Fsp3) is 0.588. The van der Waals surface area contributed by atoms with Crippen LogP contribution in [0.3, 0.4) is 0 Å². The minimum absolute atomic E-state index is 0.306. The first-order valence-corrected chi connectivity index (χ1v) is 7.69. The Labute approximate surface area is 131 Å². The highest BCUT2D eigenvalue weighted by Gasteiger charge is 2.36. The van der Waals surface area contributed by atoms with Crippen LogP contribution >= 0.6 is 0 Å². The van der Waals surface area contributed by atoms with Crippen LogP contribution in [0.5, 0.6) is 5.75 Å². The molecule has 0 saturated carbocycles. The molecule has 0 radical (unpaired) electrons. The molecule has 1 fully saturated rings. The van der Waals surface area contributed by atoms with Crippen molar-refractivity contribution in [2.75, 3.05) is 20.2 Å². The Kier molecular flexibility index (Phi) is 5.42. The van der Waals surface area contributed by atoms with Gasteiger partial charge in [0.1, 0.15) is 11.4 Å². The molecule has 1 heterocycles. The Hall–Kier alpha value is -1.59. The number of aliphatic hydroxyl groups is 1. The number of methoxy groups -OCH3 is 1. The van der Waals surface area contributed by atoms with Gasteiger partial charge in [-0.2, -0.15) is 0 Å². The van der Waals surface area contributed by atoms with Crippen LogP contribution < -0.4 is 10.1 Å². The number of hydrogen-bond donors (Lipinski definition) is 2. The molecule has 1 aromatic rings. The molecule has 2 rings (SSSR count). The van der Waals surface area contributed by atoms with Crippen molar-refractivity contribution < 1.29 is 19.4 Å². The normalized spacial score (nSPS) is 17.8. The van der Waals surface area contributed by atoms with Crippen molar-refractivity contribution in [2.24, 2.45) is 5.92 Å². The van der Waals surface area contributed by atoms with Crippen LogP contribution in [0.4, 0.5) is 0 Å². The van der Waals surface area contributed by atoms with Crippen molar-refractivity contribution in [1.82, 2.24) is 5.32 Å². The van der Waals surface area contributed by atoms with E-state index in [1.165, 1.54) is 0 Å². The minimum atomic E-state index is -1.27. The molecule has 1 aliphatic heterocycles. The summed E-state index contributed by atoms with van der Waals surface area (Å²) in [6, 6.07) is 6.76. The average molecular weight is 307 g/mol. The van der Waals surface area contributed by atoms with E-state index in [0.29, 0.717) is 17.2 Å². The summed E-state index contributed by atoms with van der Waals surface area (Å²) in [5.74, 6) is 0.383. The number of carbonyl (C=O) groups is 1. The third-order valence-electron chi connectivity index (χ3n) is 4.34. The van der Waals surface area contributed by atoms with Gasteiger partial charge in [0.05, 0.1) is 7.11 Å². The van der Waals surface area contributed by atoms with Crippen LogP contribution in [-0.4, -0.2) is 36.9 Å². The predicted octanol–water partition coefficient (Wildman–Crippen LogP) is 2.05. The molecule has 0 spiro atoms. The highest BCUT2D eigenvalue weighted by Crippen LogP contribution is 2.30. The van der Waals surface area contributed by atoms with Crippen LogP contribution in [0.25, 0.3) is 0 Å². The smallest absolute Gasteiger partial charge is 0.340 e. The molecular formula is C17H25NO4. The first-order valence-electron chi connectivity index (χ1n) is 7.69. The van der Waals surface area contributed by atoms with Gasteiger partial charge in [-0.3, -0.25) is 0 Å². The Morgan fingerprint density at radius 2 is 1.86 bits per heavy atom. The summed E-state index contributed by atoms with van der Waals surface area (Å²) < 4.78 is 10.7. The van der Waals surface area contributed by atoms with E-state index in [1.807, 2.05) is 13.8 Å². The third kappa shape index (κ3) is 3.99. The van der Waals surface area contributed by atoms with Crippen molar-refractivity contribution in [1.29, 1.82) is 0 Å². The Morgan fingerprint density at radius 3 is 2.41 bits per heavy atom. The predicted molar refractivity (Wildman–Crippen MR) is 83.7 cm³/mol. The molecule has 1 aromatic carbocycles. The number of rotatable bonds is 5. The van der Waals surface area contributed by atoms with Gasteiger partial charge in [-0.25, -0.2) is 4.79 Å². The van der Waals surface area contributed by atoms with E-state index in [1.54, 1.807) is 31.4 Å². The lowest BCUT2D eigenvalue weighted by Crippen LogP contribution is -2.43. The molecule has 0 aromatic heterocycles. The molecule has 22 heavy (non-hydrogen) atoms. The van der Waals surface area contributed by atoms with E-state index >= 15 is 0 Å². The summed E-state index contributed by atoms with van der Waals surface area (Å²) in [6.45, 7) is 5.71. The van der Waals surface area contributed by atoms with Gasteiger partial charge in [0.25, 0.3) is 0 Å². The lowest BCUT2D eigenvalue weighted by molar-refractivity contribution is -0.173. The molecule has 5 heteroatoms. The zero-order valence-electron chi connectivity index (χ0n) is 13.5. The van der Waals surface area contributed by atoms with Crippen molar-refractivity contribution in [3.05, 3.63) is 29.8 Å². The lowest BCUT2D eigenvalue weighted by Gasteiger charge is -2.37. The van der Waals surface area contributed by atoms with Gasteiger partial charge in [-0.1, -0.05) is 12.1 Å². The Bertz CT molecular complexity index is 492. The molecular weight excluding hydrogens is 282 g/mol. The maximum atomic E-state index is 12.2. The van der Waals surface area contributed by atoms with Crippen molar-refractivity contribution in [3.8, 4) is 5.75 Å². The van der Waals surface area contributed by atoms with Gasteiger partial charge in [-0.15, -0.1) is 0 Å². The van der Waals surface area contributed by atoms with Gasteiger partial charge in [-0.05, 0) is 57.5 Å². The first-order chi connectivity index (χ1) is 10.4. The summed E-state index contributed by atoms with van der Waals surface area (Å²) >= 11 is 0. The number of ether oxygens (including phenoxy) is 2. The summed E-state index contributed by atoms with van der Waals surface area (Å²) in [5, 5.41) is 13.5. The molecule has 1 unspecified atom stereocenters. The van der Waals surface area contributed by atoms with Gasteiger partial charge in [0, 0.05) is 5.92 Å². The fourth-order valence-electron chi connectivity index (χ4n) is 2.84. The SMILES string of the molecule is COc1ccc(C(O)C(=O)OC(C)(C)C2CCNCC2)cc1. The van der Waals surface area contributed by atoms with E-state index in [0.717, 1.165) is 25.9 Å². The molecule has 5 nitrogen and oxygen atoms in total. The second kappa shape index (κ2) is 7.11. The summed E-state index contributed by atoms with van der Waals surface area (Å²) in [4.78, 5) is 12.2. The summed E-state index contributed by atoms with van der Waals surface area (Å²) in [5.41, 5.74) is -0.0704. The topological polar surface area (TPSA) is 67.8 Å². The second-order valence-corrected chi connectivity index (χ2v) is 6.22. The Morgan fingerprint density at radius 1 is 1.27 bits per heavy atom. The molecule has 2 N–H and O–H groups in total. The summed E-state index contributed by atoms with van der Waals surface area (Å²) in [6.07, 6.45) is 0.671. The van der Waals surface area contributed by atoms with Crippen molar-refractivity contribution >= 4 is 5.97 Å². The number of piperidine rings is 1. The van der Waals surface area contributed by atoms with Gasteiger partial charge in [0.15, 0.2) is 6.10 Å². The van der Waals surface area contributed by atoms with Gasteiger partial charge in [0.2, 0.25) is 0 Å². The average Bonchev–Trinajstić information content (AvgIpc) is 2.54. The van der Waals surface area contributed by atoms with E-state index in [2.05, 4.69) is 5.32 Å². The molecule has 0 amide bonds. The van der Waals surface area contributed by atoms with Crippen molar-refractivity contribution in [2.45, 2.75) is 38.4 Å². The maximum Gasteiger partial charge on any atom is 0.340 e. The van der Waals surface area contributed by atoms with Gasteiger partial charge < -0.3 is 19.9 Å². The highest BCUT2D eigenvalue weighted by molar-refractivity contribution is 5.76. The molecule has 1 atom stereocenters. The molecule has 122 valence electrons. The van der Waals surface area contributed by atoms with E-state index < -0.39 is 17.7 Å². The standard InChI is InChI=1S/C17H25NO4/c1-17(2,13-8-10-18-11-9-13)22-16(20)15(19)12-4-6-14(21-3)7-5-12/h4-7,13,15,18-19H,8-11H2,1-3H3. The first kappa shape index (κ1) is 16.8. The number of carbonyl (C=O) groups excluding carboxylic acids is 1. The second-order valence-electron chi connectivity index (χ2n) is 6.22. The van der Waals surface area contributed by atoms with Crippen molar-refractivity contribution in [3.63, 3.8) is 0 Å². The van der Waals surface area contributed by atoms with Gasteiger partial charge >= 0.3 is 5.97 Å². The van der Waals surface area contributed by atoms with Crippen LogP contribution in [-0.2, 0) is 9.53 Å². The highest BCUT2D eigenvalue weighted by atomic mass is 16.6. The molecule has 1 saturated heterocycles. The summed E-state index contributed by atoms with van der Waals surface area (Å²) in [7, 11) is 1.57. The largest absolute Gasteiger partial charge is 0.497 e. The Balaban J connectivity index is 2.00. The van der Waals surface area contributed by atoms with E-state index in [9.17, 15) is 9.90 Å². The number of benzene rings is 1. The molecule has 1 aliphatic rings. The van der Waals surface area contributed by atoms with Crippen LogP contribution in [0.1, 0.15) is 38.4 Å². The van der Waals surface area contributed by atoms with E-state index in [-0.39, 0.29) is 0 Å². The quantitative estimate of drug-likeness (QED) is 0.815. The zero-order valence-corrected chi connectivity index (χ0v) is 13.5. The fourth-order valence-corrected chi connectivity index (χ4v) is 2.84. The monoisotopic (exact) mass is 307 g/mol. The third-order valence-corrected chi connectivity index (χ3v) is 4.34. The molecule has 0 aliphatic carbocycles. The van der Waals surface area contributed by atoms with Crippen LogP contribution in [0.2, 0.25) is 0 Å². The maximum absolute atomic E-state index is 12.2. The lowest BCUT2D eigenvalue weighted by atomic mass is 9.83. The number of aliphatic hydroxyl groups excluding tert-OH is 1.